The number of anilines is 2. The van der Waals surface area contributed by atoms with Crippen molar-refractivity contribution >= 4 is 45.6 Å². The number of nitrogens with one attached hydrogen (secondary N) is 2. The van der Waals surface area contributed by atoms with E-state index in [1.807, 2.05) is 13.0 Å². The maximum Gasteiger partial charge on any atom is 0.325 e. The van der Waals surface area contributed by atoms with E-state index in [1.54, 1.807) is 12.3 Å². The molecule has 0 aliphatic rings. The molecule has 4 rings (SSSR count). The average molecular weight is 460 g/mol. The molecule has 0 atom stereocenters. The first-order chi connectivity index (χ1) is 14.9. The number of benzene rings is 1. The summed E-state index contributed by atoms with van der Waals surface area (Å²) in [5, 5.41) is 12.8. The first kappa shape index (κ1) is 20.9. The smallest absolute Gasteiger partial charge is 0.305 e. The van der Waals surface area contributed by atoms with Gasteiger partial charge >= 0.3 is 6.03 Å². The molecule has 31 heavy (non-hydrogen) atoms. The lowest BCUT2D eigenvalue weighted by Crippen LogP contribution is -2.20. The van der Waals surface area contributed by atoms with Crippen molar-refractivity contribution in [3.8, 4) is 0 Å². The Bertz CT molecular complexity index is 1340. The molecule has 0 bridgehead atoms. The fraction of sp³-hybridized carbons (Fsp3) is 0.105. The highest BCUT2D eigenvalue weighted by atomic mass is 32.2. The summed E-state index contributed by atoms with van der Waals surface area (Å²) >= 11 is 2.43. The molecule has 12 heteroatoms. The number of halogens is 2. The number of fused-ring (bicyclic) bond motifs is 1. The number of urea groups is 1. The van der Waals surface area contributed by atoms with E-state index < -0.39 is 17.7 Å². The number of aromatic nitrogens is 4. The van der Waals surface area contributed by atoms with Crippen LogP contribution >= 0.6 is 23.1 Å². The van der Waals surface area contributed by atoms with Gasteiger partial charge in [0.05, 0.1) is 11.4 Å². The molecule has 0 aliphatic carbocycles. The monoisotopic (exact) mass is 460 g/mol. The van der Waals surface area contributed by atoms with Crippen LogP contribution in [-0.4, -0.2) is 25.6 Å². The molecule has 1 aromatic carbocycles. The number of carbonyl (C=O) groups is 1. The fourth-order valence-corrected chi connectivity index (χ4v) is 4.32. The molecule has 0 saturated heterocycles. The number of nitrogens with zero attached hydrogens (tertiary/aromatic N) is 4. The van der Waals surface area contributed by atoms with Crippen LogP contribution in [0.1, 0.15) is 11.3 Å². The molecule has 3 aromatic heterocycles. The van der Waals surface area contributed by atoms with Gasteiger partial charge in [-0.1, -0.05) is 29.2 Å². The summed E-state index contributed by atoms with van der Waals surface area (Å²) in [7, 11) is 0. The Morgan fingerprint density at radius 3 is 2.84 bits per heavy atom. The van der Waals surface area contributed by atoms with Gasteiger partial charge in [-0.2, -0.15) is 0 Å². The summed E-state index contributed by atoms with van der Waals surface area (Å²) in [5.74, 6) is -1.24. The maximum absolute atomic E-state index is 13.6. The molecular formula is C19H14F2N6O2S2. The van der Waals surface area contributed by atoms with E-state index in [4.69, 9.17) is 0 Å². The standard InChI is InChI=1S/C19H14F2N6O2S2/c1-10-3-2-6-27-15(28)8-12(22-16(10)27)9-30-19-26-25-18(31-19)24-17(29)23-14-5-4-11(20)7-13(14)21/h2-8H,9H2,1H3,(H2,23,24,25,29). The number of aryl methyl sites for hydroxylation is 1. The van der Waals surface area contributed by atoms with E-state index in [9.17, 15) is 18.4 Å². The highest BCUT2D eigenvalue weighted by Crippen LogP contribution is 2.28. The zero-order chi connectivity index (χ0) is 22.0. The lowest BCUT2D eigenvalue weighted by Gasteiger charge is -2.06. The van der Waals surface area contributed by atoms with Crippen LogP contribution in [0.15, 0.2) is 51.7 Å². The van der Waals surface area contributed by atoms with E-state index >= 15 is 0 Å². The van der Waals surface area contributed by atoms with Crippen molar-refractivity contribution in [1.82, 2.24) is 19.6 Å². The van der Waals surface area contributed by atoms with Crippen LogP contribution in [-0.2, 0) is 5.75 Å². The van der Waals surface area contributed by atoms with E-state index in [-0.39, 0.29) is 16.4 Å². The third-order valence-corrected chi connectivity index (χ3v) is 6.09. The first-order valence-electron chi connectivity index (χ1n) is 8.86. The van der Waals surface area contributed by atoms with E-state index in [0.29, 0.717) is 27.5 Å². The van der Waals surface area contributed by atoms with Crippen molar-refractivity contribution < 1.29 is 13.6 Å². The number of thioether (sulfide) groups is 1. The third kappa shape index (κ3) is 4.86. The van der Waals surface area contributed by atoms with Crippen molar-refractivity contribution in [2.75, 3.05) is 10.6 Å². The Kier molecular flexibility index (Phi) is 5.91. The molecule has 0 spiro atoms. The molecule has 0 unspecified atom stereocenters. The van der Waals surface area contributed by atoms with Gasteiger partial charge in [0.2, 0.25) is 5.13 Å². The SMILES string of the molecule is Cc1cccn2c(=O)cc(CSc3nnc(NC(=O)Nc4ccc(F)cc4F)s3)nc12. The highest BCUT2D eigenvalue weighted by molar-refractivity contribution is 8.00. The summed E-state index contributed by atoms with van der Waals surface area (Å²) in [6, 6.07) is 7.21. The number of hydrogen-bond acceptors (Lipinski definition) is 7. The molecule has 2 amide bonds. The number of rotatable bonds is 5. The topological polar surface area (TPSA) is 101 Å². The Hall–Kier alpha value is -3.38. The van der Waals surface area contributed by atoms with Gasteiger partial charge in [-0.3, -0.25) is 14.5 Å². The Morgan fingerprint density at radius 2 is 2.03 bits per heavy atom. The van der Waals surface area contributed by atoms with Crippen molar-refractivity contribution in [2.24, 2.45) is 0 Å². The Balaban J connectivity index is 1.39. The highest BCUT2D eigenvalue weighted by Gasteiger charge is 2.12. The molecule has 8 nitrogen and oxygen atoms in total. The molecule has 2 N–H and O–H groups in total. The predicted molar refractivity (Wildman–Crippen MR) is 115 cm³/mol. The lowest BCUT2D eigenvalue weighted by molar-refractivity contribution is 0.262. The quantitative estimate of drug-likeness (QED) is 0.344. The van der Waals surface area contributed by atoms with Gasteiger partial charge in [-0.25, -0.2) is 18.6 Å². The van der Waals surface area contributed by atoms with Gasteiger partial charge < -0.3 is 5.32 Å². The van der Waals surface area contributed by atoms with Crippen LogP contribution < -0.4 is 16.2 Å². The molecule has 0 radical (unpaired) electrons. The molecular weight excluding hydrogens is 446 g/mol. The van der Waals surface area contributed by atoms with Gasteiger partial charge in [-0.15, -0.1) is 10.2 Å². The van der Waals surface area contributed by atoms with E-state index in [2.05, 4.69) is 25.8 Å². The minimum absolute atomic E-state index is 0.165. The van der Waals surface area contributed by atoms with Crippen LogP contribution in [0.2, 0.25) is 0 Å². The third-order valence-electron chi connectivity index (χ3n) is 4.09. The average Bonchev–Trinajstić information content (AvgIpc) is 3.16. The second kappa shape index (κ2) is 8.78. The number of amides is 2. The van der Waals surface area contributed by atoms with E-state index in [0.717, 1.165) is 29.0 Å². The fourth-order valence-electron chi connectivity index (χ4n) is 2.68. The Labute approximate surface area is 182 Å². The van der Waals surface area contributed by atoms with Gasteiger partial charge in [0, 0.05) is 24.1 Å². The second-order valence-corrected chi connectivity index (χ2v) is 8.54. The zero-order valence-corrected chi connectivity index (χ0v) is 17.6. The molecule has 3 heterocycles. The van der Waals surface area contributed by atoms with Crippen molar-refractivity contribution in [3.63, 3.8) is 0 Å². The number of pyridine rings is 1. The van der Waals surface area contributed by atoms with Gasteiger partial charge in [-0.05, 0) is 30.7 Å². The minimum atomic E-state index is -0.891. The molecule has 158 valence electrons. The minimum Gasteiger partial charge on any atom is -0.305 e. The summed E-state index contributed by atoms with van der Waals surface area (Å²) in [5.41, 5.74) is 1.74. The summed E-state index contributed by atoms with van der Waals surface area (Å²) in [4.78, 5) is 28.8. The maximum atomic E-state index is 13.6. The van der Waals surface area contributed by atoms with Crippen molar-refractivity contribution in [2.45, 2.75) is 17.0 Å². The predicted octanol–water partition coefficient (Wildman–Crippen LogP) is 4.07. The van der Waals surface area contributed by atoms with Crippen LogP contribution in [0, 0.1) is 18.6 Å². The van der Waals surface area contributed by atoms with Crippen molar-refractivity contribution in [1.29, 1.82) is 0 Å². The Morgan fingerprint density at radius 1 is 1.19 bits per heavy atom. The van der Waals surface area contributed by atoms with Crippen LogP contribution in [0.5, 0.6) is 0 Å². The summed E-state index contributed by atoms with van der Waals surface area (Å²) < 4.78 is 28.6. The largest absolute Gasteiger partial charge is 0.325 e. The number of carbonyl (C=O) groups excluding carboxylic acids is 1. The normalized spacial score (nSPS) is 10.9. The van der Waals surface area contributed by atoms with Gasteiger partial charge in [0.1, 0.15) is 17.3 Å². The summed E-state index contributed by atoms with van der Waals surface area (Å²) in [6.45, 7) is 1.88. The van der Waals surface area contributed by atoms with Crippen molar-refractivity contribution in [3.05, 3.63) is 75.8 Å². The first-order valence-corrected chi connectivity index (χ1v) is 10.7. The van der Waals surface area contributed by atoms with Crippen LogP contribution in [0.3, 0.4) is 0 Å². The van der Waals surface area contributed by atoms with Crippen LogP contribution in [0.4, 0.5) is 24.4 Å². The molecule has 0 aliphatic heterocycles. The van der Waals surface area contributed by atoms with Crippen LogP contribution in [0.25, 0.3) is 5.65 Å². The lowest BCUT2D eigenvalue weighted by atomic mass is 10.3. The molecule has 0 saturated carbocycles. The number of hydrogen-bond donors (Lipinski definition) is 2. The molecule has 4 aromatic rings. The summed E-state index contributed by atoms with van der Waals surface area (Å²) in [6.07, 6.45) is 1.67. The van der Waals surface area contributed by atoms with Gasteiger partial charge in [0.15, 0.2) is 4.34 Å². The zero-order valence-electron chi connectivity index (χ0n) is 15.9. The van der Waals surface area contributed by atoms with Gasteiger partial charge in [0.25, 0.3) is 5.56 Å². The molecule has 0 fully saturated rings. The van der Waals surface area contributed by atoms with E-state index in [1.165, 1.54) is 22.2 Å². The second-order valence-electron chi connectivity index (χ2n) is 6.34.